The molecule has 5 nitrogen and oxygen atoms in total. The van der Waals surface area contributed by atoms with E-state index in [2.05, 4.69) is 4.90 Å². The van der Waals surface area contributed by atoms with Gasteiger partial charge < -0.3 is 10.0 Å². The zero-order valence-corrected chi connectivity index (χ0v) is 12.7. The summed E-state index contributed by atoms with van der Waals surface area (Å²) in [5.74, 6) is -1.30. The molecule has 1 atom stereocenters. The topological polar surface area (TPSA) is 60.9 Å². The summed E-state index contributed by atoms with van der Waals surface area (Å²) in [6.45, 7) is 3.44. The van der Waals surface area contributed by atoms with Gasteiger partial charge in [0.2, 0.25) is 5.91 Å². The molecule has 1 aliphatic carbocycles. The minimum Gasteiger partial charge on any atom is -0.481 e. The Labute approximate surface area is 126 Å². The van der Waals surface area contributed by atoms with Crippen molar-refractivity contribution in [3.05, 3.63) is 0 Å². The Morgan fingerprint density at radius 2 is 1.81 bits per heavy atom. The molecule has 2 aliphatic heterocycles. The van der Waals surface area contributed by atoms with Crippen molar-refractivity contribution < 1.29 is 14.7 Å². The fourth-order valence-corrected chi connectivity index (χ4v) is 4.42. The van der Waals surface area contributed by atoms with E-state index in [1.807, 2.05) is 4.90 Å². The lowest BCUT2D eigenvalue weighted by Crippen LogP contribution is -2.56. The molecule has 1 N–H and O–H groups in total. The molecule has 3 aliphatic rings. The Bertz CT molecular complexity index is 412. The standard InChI is InChI=1S/C16H26N2O3/c19-14-10-13(15(20)21)11-17(14)12-16(6-2-3-7-16)18-8-4-1-5-9-18/h13H,1-12H2,(H,20,21). The predicted molar refractivity (Wildman–Crippen MR) is 78.9 cm³/mol. The summed E-state index contributed by atoms with van der Waals surface area (Å²) in [7, 11) is 0. The maximum Gasteiger partial charge on any atom is 0.308 e. The molecule has 0 aromatic rings. The number of likely N-dealkylation sites (tertiary alicyclic amines) is 2. The van der Waals surface area contributed by atoms with Gasteiger partial charge >= 0.3 is 5.97 Å². The van der Waals surface area contributed by atoms with Gasteiger partial charge in [0.15, 0.2) is 0 Å². The van der Waals surface area contributed by atoms with Crippen LogP contribution in [0.2, 0.25) is 0 Å². The van der Waals surface area contributed by atoms with E-state index in [1.54, 1.807) is 0 Å². The highest BCUT2D eigenvalue weighted by molar-refractivity contribution is 5.86. The highest BCUT2D eigenvalue weighted by Gasteiger charge is 2.44. The highest BCUT2D eigenvalue weighted by atomic mass is 16.4. The van der Waals surface area contributed by atoms with Gasteiger partial charge in [-0.25, -0.2) is 0 Å². The first-order valence-corrected chi connectivity index (χ1v) is 8.36. The van der Waals surface area contributed by atoms with Gasteiger partial charge in [-0.3, -0.25) is 14.5 Å². The molecule has 3 rings (SSSR count). The van der Waals surface area contributed by atoms with E-state index in [4.69, 9.17) is 5.11 Å². The average molecular weight is 294 g/mol. The molecule has 2 heterocycles. The van der Waals surface area contributed by atoms with Crippen LogP contribution in [0.25, 0.3) is 0 Å². The van der Waals surface area contributed by atoms with Crippen LogP contribution >= 0.6 is 0 Å². The molecule has 21 heavy (non-hydrogen) atoms. The van der Waals surface area contributed by atoms with Crippen LogP contribution in [0.5, 0.6) is 0 Å². The van der Waals surface area contributed by atoms with Crippen LogP contribution in [0.4, 0.5) is 0 Å². The fraction of sp³-hybridized carbons (Fsp3) is 0.875. The van der Waals surface area contributed by atoms with Crippen molar-refractivity contribution in [2.45, 2.75) is 56.9 Å². The molecular weight excluding hydrogens is 268 g/mol. The lowest BCUT2D eigenvalue weighted by Gasteiger charge is -2.45. The number of nitrogens with zero attached hydrogens (tertiary/aromatic N) is 2. The lowest BCUT2D eigenvalue weighted by atomic mass is 9.91. The fourth-order valence-electron chi connectivity index (χ4n) is 4.42. The van der Waals surface area contributed by atoms with Crippen LogP contribution in [0.3, 0.4) is 0 Å². The molecule has 1 unspecified atom stereocenters. The maximum absolute atomic E-state index is 12.1. The highest BCUT2D eigenvalue weighted by Crippen LogP contribution is 2.38. The van der Waals surface area contributed by atoms with Crippen molar-refractivity contribution in [3.63, 3.8) is 0 Å². The Morgan fingerprint density at radius 3 is 2.38 bits per heavy atom. The van der Waals surface area contributed by atoms with Crippen molar-refractivity contribution in [2.75, 3.05) is 26.2 Å². The maximum atomic E-state index is 12.1. The molecule has 0 bridgehead atoms. The molecule has 0 spiro atoms. The molecule has 1 saturated carbocycles. The number of carbonyl (C=O) groups excluding carboxylic acids is 1. The number of carboxylic acid groups (broad SMARTS) is 1. The average Bonchev–Trinajstić information content (AvgIpc) is 3.09. The van der Waals surface area contributed by atoms with E-state index < -0.39 is 11.9 Å². The number of piperidine rings is 1. The van der Waals surface area contributed by atoms with E-state index in [1.165, 1.54) is 32.1 Å². The van der Waals surface area contributed by atoms with Crippen LogP contribution in [-0.4, -0.2) is 58.5 Å². The smallest absolute Gasteiger partial charge is 0.308 e. The Hall–Kier alpha value is -1.10. The second-order valence-corrected chi connectivity index (χ2v) is 6.99. The van der Waals surface area contributed by atoms with Gasteiger partial charge in [0, 0.05) is 25.0 Å². The Kier molecular flexibility index (Phi) is 4.20. The van der Waals surface area contributed by atoms with Crippen LogP contribution in [0.15, 0.2) is 0 Å². The third-order valence-electron chi connectivity index (χ3n) is 5.61. The van der Waals surface area contributed by atoms with Crippen molar-refractivity contribution in [3.8, 4) is 0 Å². The van der Waals surface area contributed by atoms with E-state index in [9.17, 15) is 9.59 Å². The van der Waals surface area contributed by atoms with Crippen LogP contribution < -0.4 is 0 Å². The largest absolute Gasteiger partial charge is 0.481 e. The van der Waals surface area contributed by atoms with Gasteiger partial charge in [0.1, 0.15) is 0 Å². The molecular formula is C16H26N2O3. The van der Waals surface area contributed by atoms with Crippen molar-refractivity contribution in [1.82, 2.24) is 9.80 Å². The van der Waals surface area contributed by atoms with Gasteiger partial charge in [-0.15, -0.1) is 0 Å². The van der Waals surface area contributed by atoms with Crippen LogP contribution in [-0.2, 0) is 9.59 Å². The second-order valence-electron chi connectivity index (χ2n) is 6.99. The zero-order valence-electron chi connectivity index (χ0n) is 12.7. The summed E-state index contributed by atoms with van der Waals surface area (Å²) >= 11 is 0. The summed E-state index contributed by atoms with van der Waals surface area (Å²) in [5.41, 5.74) is 0.128. The third-order valence-corrected chi connectivity index (χ3v) is 5.61. The normalized spacial score (nSPS) is 30.0. The summed E-state index contributed by atoms with van der Waals surface area (Å²) in [6.07, 6.45) is 8.81. The third kappa shape index (κ3) is 2.93. The zero-order chi connectivity index (χ0) is 14.9. The monoisotopic (exact) mass is 294 g/mol. The SMILES string of the molecule is O=C(O)C1CC(=O)N(CC2(N3CCCCC3)CCCC2)C1. The Balaban J connectivity index is 1.70. The summed E-state index contributed by atoms with van der Waals surface area (Å²) in [6, 6.07) is 0. The lowest BCUT2D eigenvalue weighted by molar-refractivity contribution is -0.141. The van der Waals surface area contributed by atoms with E-state index in [-0.39, 0.29) is 17.9 Å². The van der Waals surface area contributed by atoms with Crippen LogP contribution in [0.1, 0.15) is 51.4 Å². The molecule has 0 aromatic heterocycles. The summed E-state index contributed by atoms with van der Waals surface area (Å²) in [4.78, 5) is 27.7. The number of amides is 1. The van der Waals surface area contributed by atoms with Crippen molar-refractivity contribution in [1.29, 1.82) is 0 Å². The quantitative estimate of drug-likeness (QED) is 0.857. The van der Waals surface area contributed by atoms with Crippen molar-refractivity contribution in [2.24, 2.45) is 5.92 Å². The molecule has 118 valence electrons. The van der Waals surface area contributed by atoms with E-state index in [0.717, 1.165) is 32.5 Å². The molecule has 3 fully saturated rings. The number of hydrogen-bond acceptors (Lipinski definition) is 3. The number of carbonyl (C=O) groups is 2. The first-order chi connectivity index (χ1) is 10.1. The number of rotatable bonds is 4. The minimum absolute atomic E-state index is 0.0330. The van der Waals surface area contributed by atoms with Gasteiger partial charge in [0.25, 0.3) is 0 Å². The Morgan fingerprint density at radius 1 is 1.14 bits per heavy atom. The molecule has 0 aromatic carbocycles. The van der Waals surface area contributed by atoms with E-state index >= 15 is 0 Å². The van der Waals surface area contributed by atoms with Crippen LogP contribution in [0, 0.1) is 5.92 Å². The summed E-state index contributed by atoms with van der Waals surface area (Å²) < 4.78 is 0. The predicted octanol–water partition coefficient (Wildman–Crippen LogP) is 1.72. The first-order valence-electron chi connectivity index (χ1n) is 8.36. The van der Waals surface area contributed by atoms with Gasteiger partial charge in [-0.05, 0) is 38.8 Å². The molecule has 0 radical (unpaired) electrons. The minimum atomic E-state index is -0.829. The van der Waals surface area contributed by atoms with E-state index in [0.29, 0.717) is 6.54 Å². The number of hydrogen-bond donors (Lipinski definition) is 1. The molecule has 5 heteroatoms. The van der Waals surface area contributed by atoms with Gasteiger partial charge in [0.05, 0.1) is 5.92 Å². The molecule has 1 amide bonds. The number of aliphatic carboxylic acids is 1. The first kappa shape index (κ1) is 14.8. The summed E-state index contributed by atoms with van der Waals surface area (Å²) in [5, 5.41) is 9.13. The molecule has 2 saturated heterocycles. The van der Waals surface area contributed by atoms with Gasteiger partial charge in [-0.1, -0.05) is 19.3 Å². The van der Waals surface area contributed by atoms with Crippen molar-refractivity contribution >= 4 is 11.9 Å². The van der Waals surface area contributed by atoms with Gasteiger partial charge in [-0.2, -0.15) is 0 Å². The number of carboxylic acids is 1. The second kappa shape index (κ2) is 5.95.